The number of halogens is 6. The number of alkyl halides is 6. The smallest absolute Gasteiger partial charge is 0.433 e. The molecule has 0 saturated carbocycles. The summed E-state index contributed by atoms with van der Waals surface area (Å²) < 4.78 is 81.2. The van der Waals surface area contributed by atoms with E-state index in [1.165, 1.54) is 13.2 Å². The summed E-state index contributed by atoms with van der Waals surface area (Å²) >= 11 is 0. The van der Waals surface area contributed by atoms with Crippen molar-refractivity contribution >= 4 is 10.9 Å². The Balaban J connectivity index is 2.82. The standard InChI is InChI=1S/C12H7F6NO/c1-20-6-2-3-9-7(4-6)8(11(13,14)15)5-10(19-9)12(16,17)18/h2-5H,1H3. The van der Waals surface area contributed by atoms with E-state index < -0.39 is 34.5 Å². The van der Waals surface area contributed by atoms with Gasteiger partial charge in [0.25, 0.3) is 0 Å². The van der Waals surface area contributed by atoms with Gasteiger partial charge in [0.05, 0.1) is 18.2 Å². The number of benzene rings is 1. The third-order valence-electron chi connectivity index (χ3n) is 2.61. The molecule has 2 rings (SSSR count). The second-order valence-corrected chi connectivity index (χ2v) is 3.93. The van der Waals surface area contributed by atoms with Crippen molar-refractivity contribution in [2.45, 2.75) is 12.4 Å². The van der Waals surface area contributed by atoms with Gasteiger partial charge in [0, 0.05) is 5.39 Å². The maximum Gasteiger partial charge on any atom is 0.433 e. The van der Waals surface area contributed by atoms with Crippen LogP contribution in [0.5, 0.6) is 5.75 Å². The number of methoxy groups -OCH3 is 1. The van der Waals surface area contributed by atoms with Gasteiger partial charge in [-0.1, -0.05) is 0 Å². The molecular weight excluding hydrogens is 288 g/mol. The van der Waals surface area contributed by atoms with Crippen LogP contribution in [-0.4, -0.2) is 12.1 Å². The Kier molecular flexibility index (Phi) is 3.27. The van der Waals surface area contributed by atoms with Crippen LogP contribution in [0.1, 0.15) is 11.3 Å². The molecule has 0 spiro atoms. The van der Waals surface area contributed by atoms with E-state index in [9.17, 15) is 26.3 Å². The van der Waals surface area contributed by atoms with Gasteiger partial charge in [0.15, 0.2) is 0 Å². The summed E-state index contributed by atoms with van der Waals surface area (Å²) in [7, 11) is 1.24. The van der Waals surface area contributed by atoms with E-state index in [2.05, 4.69) is 4.98 Å². The van der Waals surface area contributed by atoms with Crippen molar-refractivity contribution in [1.82, 2.24) is 4.98 Å². The number of hydrogen-bond donors (Lipinski definition) is 0. The number of pyridine rings is 1. The van der Waals surface area contributed by atoms with Crippen LogP contribution in [0.3, 0.4) is 0 Å². The minimum Gasteiger partial charge on any atom is -0.497 e. The first kappa shape index (κ1) is 14.4. The topological polar surface area (TPSA) is 22.1 Å². The molecule has 0 atom stereocenters. The minimum absolute atomic E-state index is 0.00176. The molecule has 0 bridgehead atoms. The molecule has 1 heterocycles. The molecular formula is C12H7F6NO. The predicted octanol–water partition coefficient (Wildman–Crippen LogP) is 4.28. The first-order chi connectivity index (χ1) is 9.13. The minimum atomic E-state index is -4.95. The number of nitrogens with zero attached hydrogens (tertiary/aromatic N) is 1. The van der Waals surface area contributed by atoms with E-state index in [1.54, 1.807) is 0 Å². The van der Waals surface area contributed by atoms with Crippen molar-refractivity contribution in [2.24, 2.45) is 0 Å². The van der Waals surface area contributed by atoms with Gasteiger partial charge in [-0.15, -0.1) is 0 Å². The highest BCUT2D eigenvalue weighted by molar-refractivity contribution is 5.84. The van der Waals surface area contributed by atoms with Crippen LogP contribution >= 0.6 is 0 Å². The largest absolute Gasteiger partial charge is 0.497 e. The van der Waals surface area contributed by atoms with E-state index in [4.69, 9.17) is 4.74 Å². The Hall–Kier alpha value is -1.99. The summed E-state index contributed by atoms with van der Waals surface area (Å²) in [5.74, 6) is 0.101. The van der Waals surface area contributed by atoms with Crippen LogP contribution in [0.25, 0.3) is 10.9 Å². The lowest BCUT2D eigenvalue weighted by Gasteiger charge is -2.14. The van der Waals surface area contributed by atoms with Crippen molar-refractivity contribution in [2.75, 3.05) is 7.11 Å². The fourth-order valence-corrected chi connectivity index (χ4v) is 1.71. The predicted molar refractivity (Wildman–Crippen MR) is 58.3 cm³/mol. The summed E-state index contributed by atoms with van der Waals surface area (Å²) in [4.78, 5) is 3.22. The van der Waals surface area contributed by atoms with Gasteiger partial charge in [0.1, 0.15) is 11.4 Å². The lowest BCUT2D eigenvalue weighted by atomic mass is 10.1. The average molecular weight is 295 g/mol. The molecule has 1 aromatic heterocycles. The van der Waals surface area contributed by atoms with Gasteiger partial charge in [-0.25, -0.2) is 4.98 Å². The Morgan fingerprint density at radius 2 is 1.60 bits per heavy atom. The highest BCUT2D eigenvalue weighted by Crippen LogP contribution is 2.39. The van der Waals surface area contributed by atoms with Crippen LogP contribution < -0.4 is 4.74 Å². The number of ether oxygens (including phenoxy) is 1. The van der Waals surface area contributed by atoms with Gasteiger partial charge < -0.3 is 4.74 Å². The Morgan fingerprint density at radius 3 is 2.10 bits per heavy atom. The van der Waals surface area contributed by atoms with Gasteiger partial charge in [-0.3, -0.25) is 0 Å². The van der Waals surface area contributed by atoms with Gasteiger partial charge in [-0.05, 0) is 24.3 Å². The number of hydrogen-bond acceptors (Lipinski definition) is 2. The number of aromatic nitrogens is 1. The molecule has 0 fully saturated rings. The zero-order valence-corrected chi connectivity index (χ0v) is 9.93. The summed E-state index contributed by atoms with van der Waals surface area (Å²) in [6, 6.07) is 3.31. The maximum atomic E-state index is 12.9. The van der Waals surface area contributed by atoms with Gasteiger partial charge >= 0.3 is 12.4 Å². The number of rotatable bonds is 1. The highest BCUT2D eigenvalue weighted by atomic mass is 19.4. The quantitative estimate of drug-likeness (QED) is 0.733. The molecule has 0 amide bonds. The first-order valence-corrected chi connectivity index (χ1v) is 5.26. The van der Waals surface area contributed by atoms with Crippen molar-refractivity contribution in [3.8, 4) is 5.75 Å². The van der Waals surface area contributed by atoms with Crippen LogP contribution in [-0.2, 0) is 12.4 Å². The second kappa shape index (κ2) is 4.53. The normalized spacial score (nSPS) is 12.8. The summed E-state index contributed by atoms with van der Waals surface area (Å²) in [6.07, 6.45) is -9.87. The molecule has 108 valence electrons. The molecule has 0 N–H and O–H groups in total. The fourth-order valence-electron chi connectivity index (χ4n) is 1.71. The summed E-state index contributed by atoms with van der Waals surface area (Å²) in [5, 5.41) is -0.440. The molecule has 0 aliphatic heterocycles. The lowest BCUT2D eigenvalue weighted by Crippen LogP contribution is -2.13. The summed E-state index contributed by atoms with van der Waals surface area (Å²) in [5.41, 5.74) is -3.37. The summed E-state index contributed by atoms with van der Waals surface area (Å²) in [6.45, 7) is 0. The molecule has 0 saturated heterocycles. The van der Waals surface area contributed by atoms with E-state index in [0.29, 0.717) is 0 Å². The van der Waals surface area contributed by atoms with E-state index >= 15 is 0 Å². The van der Waals surface area contributed by atoms with Crippen LogP contribution in [0.15, 0.2) is 24.3 Å². The van der Waals surface area contributed by atoms with Crippen molar-refractivity contribution < 1.29 is 31.1 Å². The van der Waals surface area contributed by atoms with E-state index in [-0.39, 0.29) is 11.8 Å². The Morgan fingerprint density at radius 1 is 0.950 bits per heavy atom. The van der Waals surface area contributed by atoms with Gasteiger partial charge in [0.2, 0.25) is 0 Å². The molecule has 2 aromatic rings. The zero-order chi connectivity index (χ0) is 15.1. The van der Waals surface area contributed by atoms with Crippen molar-refractivity contribution in [1.29, 1.82) is 0 Å². The average Bonchev–Trinajstić information content (AvgIpc) is 2.34. The molecule has 1 aromatic carbocycles. The molecule has 20 heavy (non-hydrogen) atoms. The fraction of sp³-hybridized carbons (Fsp3) is 0.250. The lowest BCUT2D eigenvalue weighted by molar-refractivity contribution is -0.144. The van der Waals surface area contributed by atoms with Crippen LogP contribution in [0.2, 0.25) is 0 Å². The molecule has 0 aliphatic carbocycles. The van der Waals surface area contributed by atoms with Crippen molar-refractivity contribution in [3.63, 3.8) is 0 Å². The van der Waals surface area contributed by atoms with E-state index in [0.717, 1.165) is 12.1 Å². The molecule has 0 radical (unpaired) electrons. The first-order valence-electron chi connectivity index (χ1n) is 5.26. The second-order valence-electron chi connectivity index (χ2n) is 3.93. The Labute approximate surface area is 109 Å². The molecule has 0 aliphatic rings. The SMILES string of the molecule is COc1ccc2nc(C(F)(F)F)cc(C(F)(F)F)c2c1. The maximum absolute atomic E-state index is 12.9. The zero-order valence-electron chi connectivity index (χ0n) is 9.93. The van der Waals surface area contributed by atoms with E-state index in [1.807, 2.05) is 0 Å². The monoisotopic (exact) mass is 295 g/mol. The molecule has 2 nitrogen and oxygen atoms in total. The number of fused-ring (bicyclic) bond motifs is 1. The Bertz CT molecular complexity index is 647. The molecule has 8 heteroatoms. The van der Waals surface area contributed by atoms with Crippen molar-refractivity contribution in [3.05, 3.63) is 35.5 Å². The third kappa shape index (κ3) is 2.63. The van der Waals surface area contributed by atoms with Crippen LogP contribution in [0, 0.1) is 0 Å². The van der Waals surface area contributed by atoms with Crippen LogP contribution in [0.4, 0.5) is 26.3 Å². The highest BCUT2D eigenvalue weighted by Gasteiger charge is 2.39. The van der Waals surface area contributed by atoms with Gasteiger partial charge in [-0.2, -0.15) is 26.3 Å². The molecule has 0 unspecified atom stereocenters. The third-order valence-corrected chi connectivity index (χ3v) is 2.61.